The molecule has 0 saturated heterocycles. The monoisotopic (exact) mass is 469 g/mol. The molecule has 1 aromatic rings. The number of nitrogens with zero attached hydrogens (tertiary/aromatic N) is 3. The predicted octanol–water partition coefficient (Wildman–Crippen LogP) is 5.54. The number of allylic oxidation sites excluding steroid dienone is 5. The highest BCUT2D eigenvalue weighted by atomic mass is 19.1. The fourth-order valence-electron chi connectivity index (χ4n) is 6.20. The number of halogens is 1. The van der Waals surface area contributed by atoms with Gasteiger partial charge in [0.05, 0.1) is 22.9 Å². The van der Waals surface area contributed by atoms with Gasteiger partial charge in [0.15, 0.2) is 6.17 Å². The molecule has 5 aliphatic rings. The van der Waals surface area contributed by atoms with Crippen LogP contribution >= 0.6 is 0 Å². The van der Waals surface area contributed by atoms with Crippen LogP contribution in [0.3, 0.4) is 0 Å². The second kappa shape index (κ2) is 7.70. The minimum Gasteiger partial charge on any atom is -0.362 e. The molecule has 1 amide bonds. The zero-order valence-corrected chi connectivity index (χ0v) is 20.2. The Bertz CT molecular complexity index is 1370. The number of rotatable bonds is 3. The van der Waals surface area contributed by atoms with Crippen LogP contribution in [-0.2, 0) is 10.2 Å². The van der Waals surface area contributed by atoms with Crippen molar-refractivity contribution in [2.45, 2.75) is 63.6 Å². The highest BCUT2D eigenvalue weighted by Gasteiger charge is 2.53. The molecular weight excluding hydrogens is 441 g/mol. The Balaban J connectivity index is 1.53. The van der Waals surface area contributed by atoms with E-state index in [-0.39, 0.29) is 23.4 Å². The Morgan fingerprint density at radius 1 is 1.20 bits per heavy atom. The number of carbonyl (C=O) groups is 1. The lowest BCUT2D eigenvalue weighted by Crippen LogP contribution is -2.58. The first-order valence-electron chi connectivity index (χ1n) is 12.2. The fraction of sp³-hybridized carbons (Fsp3) is 0.357. The third kappa shape index (κ3) is 3.28. The second-order valence-corrected chi connectivity index (χ2v) is 10.4. The van der Waals surface area contributed by atoms with E-state index in [0.717, 1.165) is 39.1 Å². The van der Waals surface area contributed by atoms with E-state index in [4.69, 9.17) is 0 Å². The van der Waals surface area contributed by atoms with Crippen molar-refractivity contribution in [2.24, 2.45) is 15.2 Å². The molecule has 0 radical (unpaired) electrons. The standard InChI is InChI=1S/C28H28FN5O/c1-4-28(21-15-31-34-25(21)32-23-14-27(2,3)33-26(35)24(23)28)17-7-5-6-16(12-17)19-10-11-30-22-13-18(29)8-9-20(19)22/h5-8,11-13,15,25,32H,4,9-10,14H2,1-3H3,(H,33,35)/t25?,28-/m1/s1. The molecule has 0 aromatic heterocycles. The molecular formula is C28H28FN5O. The molecule has 0 fully saturated rings. The van der Waals surface area contributed by atoms with Crippen LogP contribution in [0.2, 0.25) is 0 Å². The molecule has 1 aliphatic carbocycles. The lowest BCUT2D eigenvalue weighted by atomic mass is 9.62. The molecule has 0 spiro atoms. The molecule has 35 heavy (non-hydrogen) atoms. The number of amides is 1. The number of fused-ring (bicyclic) bond motifs is 2. The molecule has 0 bridgehead atoms. The Morgan fingerprint density at radius 3 is 2.89 bits per heavy atom. The van der Waals surface area contributed by atoms with Crippen LogP contribution in [0.1, 0.15) is 57.6 Å². The van der Waals surface area contributed by atoms with E-state index in [1.807, 2.05) is 26.3 Å². The van der Waals surface area contributed by atoms with Gasteiger partial charge in [0.25, 0.3) is 5.91 Å². The van der Waals surface area contributed by atoms with E-state index in [1.54, 1.807) is 6.08 Å². The Hall–Kier alpha value is -3.61. The van der Waals surface area contributed by atoms with Crippen LogP contribution in [0.25, 0.3) is 5.57 Å². The average molecular weight is 470 g/mol. The summed E-state index contributed by atoms with van der Waals surface area (Å²) in [4.78, 5) is 18.0. The number of azo groups is 1. The zero-order valence-electron chi connectivity index (χ0n) is 20.2. The topological polar surface area (TPSA) is 78.2 Å². The van der Waals surface area contributed by atoms with Crippen LogP contribution in [0.15, 0.2) is 91.8 Å². The van der Waals surface area contributed by atoms with E-state index < -0.39 is 5.41 Å². The van der Waals surface area contributed by atoms with Crippen molar-refractivity contribution < 1.29 is 9.18 Å². The molecule has 0 saturated carbocycles. The molecule has 2 atom stereocenters. The Kier molecular flexibility index (Phi) is 4.82. The summed E-state index contributed by atoms with van der Waals surface area (Å²) in [6.45, 7) is 6.20. The van der Waals surface area contributed by atoms with E-state index in [1.165, 1.54) is 6.08 Å². The number of aliphatic imine (C=N–C) groups is 1. The summed E-state index contributed by atoms with van der Waals surface area (Å²) in [7, 11) is 0. The van der Waals surface area contributed by atoms with Crippen LogP contribution < -0.4 is 10.6 Å². The molecule has 6 rings (SSSR count). The van der Waals surface area contributed by atoms with Crippen LogP contribution in [0.5, 0.6) is 0 Å². The summed E-state index contributed by atoms with van der Waals surface area (Å²) in [5, 5.41) is 15.4. The van der Waals surface area contributed by atoms with Crippen molar-refractivity contribution in [2.75, 3.05) is 0 Å². The van der Waals surface area contributed by atoms with Gasteiger partial charge >= 0.3 is 0 Å². The molecule has 4 aliphatic heterocycles. The van der Waals surface area contributed by atoms with E-state index in [9.17, 15) is 9.18 Å². The van der Waals surface area contributed by atoms with Gasteiger partial charge in [-0.05, 0) is 61.1 Å². The van der Waals surface area contributed by atoms with Gasteiger partial charge in [-0.3, -0.25) is 9.79 Å². The van der Waals surface area contributed by atoms with Crippen molar-refractivity contribution in [1.82, 2.24) is 10.6 Å². The Labute approximate surface area is 204 Å². The summed E-state index contributed by atoms with van der Waals surface area (Å²) in [6, 6.07) is 8.44. The van der Waals surface area contributed by atoms with Gasteiger partial charge in [0.2, 0.25) is 0 Å². The molecule has 1 aromatic carbocycles. The van der Waals surface area contributed by atoms with Crippen LogP contribution in [0.4, 0.5) is 4.39 Å². The number of carbonyl (C=O) groups excluding carboxylic acids is 1. The third-order valence-corrected chi connectivity index (χ3v) is 7.71. The molecule has 1 unspecified atom stereocenters. The second-order valence-electron chi connectivity index (χ2n) is 10.4. The lowest BCUT2D eigenvalue weighted by Gasteiger charge is -2.48. The van der Waals surface area contributed by atoms with Gasteiger partial charge in [-0.2, -0.15) is 10.2 Å². The molecule has 7 heteroatoms. The molecule has 6 nitrogen and oxygen atoms in total. The summed E-state index contributed by atoms with van der Waals surface area (Å²) in [6.07, 6.45) is 9.10. The van der Waals surface area contributed by atoms with E-state index in [0.29, 0.717) is 31.4 Å². The lowest BCUT2D eigenvalue weighted by molar-refractivity contribution is -0.120. The summed E-state index contributed by atoms with van der Waals surface area (Å²) in [5.41, 5.74) is 6.72. The number of nitrogens with one attached hydrogen (secondary N) is 2. The fourth-order valence-corrected chi connectivity index (χ4v) is 6.20. The average Bonchev–Trinajstić information content (AvgIpc) is 3.30. The predicted molar refractivity (Wildman–Crippen MR) is 134 cm³/mol. The maximum absolute atomic E-state index is 13.9. The number of dihydropyridines is 1. The van der Waals surface area contributed by atoms with Crippen LogP contribution in [-0.4, -0.2) is 23.8 Å². The minimum absolute atomic E-state index is 0.0489. The van der Waals surface area contributed by atoms with Gasteiger partial charge in [-0.15, -0.1) is 0 Å². The maximum Gasteiger partial charge on any atom is 0.250 e. The number of hydrogen-bond donors (Lipinski definition) is 2. The zero-order chi connectivity index (χ0) is 24.4. The maximum atomic E-state index is 13.9. The van der Waals surface area contributed by atoms with Gasteiger partial charge in [-0.25, -0.2) is 4.39 Å². The van der Waals surface area contributed by atoms with Crippen molar-refractivity contribution >= 4 is 17.7 Å². The van der Waals surface area contributed by atoms with Gasteiger partial charge in [-0.1, -0.05) is 31.2 Å². The highest BCUT2D eigenvalue weighted by molar-refractivity contribution is 6.00. The first kappa shape index (κ1) is 21.9. The summed E-state index contributed by atoms with van der Waals surface area (Å²) in [5.74, 6) is -0.292. The summed E-state index contributed by atoms with van der Waals surface area (Å²) < 4.78 is 13.9. The smallest absolute Gasteiger partial charge is 0.250 e. The highest BCUT2D eigenvalue weighted by Crippen LogP contribution is 2.51. The van der Waals surface area contributed by atoms with Crippen molar-refractivity contribution in [1.29, 1.82) is 0 Å². The van der Waals surface area contributed by atoms with Crippen molar-refractivity contribution in [3.8, 4) is 0 Å². The van der Waals surface area contributed by atoms with E-state index in [2.05, 4.69) is 57.0 Å². The van der Waals surface area contributed by atoms with Crippen molar-refractivity contribution in [3.63, 3.8) is 0 Å². The number of benzene rings is 1. The van der Waals surface area contributed by atoms with Gasteiger partial charge in [0, 0.05) is 35.9 Å². The van der Waals surface area contributed by atoms with Gasteiger partial charge < -0.3 is 10.6 Å². The molecule has 2 N–H and O–H groups in total. The van der Waals surface area contributed by atoms with E-state index >= 15 is 0 Å². The molecule has 4 heterocycles. The first-order chi connectivity index (χ1) is 16.8. The largest absolute Gasteiger partial charge is 0.362 e. The quantitative estimate of drug-likeness (QED) is 0.610. The Morgan fingerprint density at radius 2 is 2.06 bits per heavy atom. The first-order valence-corrected chi connectivity index (χ1v) is 12.2. The SMILES string of the molecule is CC[C@@]1(c2cccc(C3=C4CC=C(F)C=C4N=CC3)c2)C2=CN=NC2NC2=C1C(=O)NC(C)(C)C2. The molecule has 178 valence electrons. The van der Waals surface area contributed by atoms with Crippen molar-refractivity contribution in [3.05, 3.63) is 87.7 Å². The minimum atomic E-state index is -0.642. The van der Waals surface area contributed by atoms with Crippen LogP contribution in [0, 0.1) is 0 Å². The van der Waals surface area contributed by atoms with Gasteiger partial charge in [0.1, 0.15) is 5.83 Å². The third-order valence-electron chi connectivity index (χ3n) is 7.71. The normalized spacial score (nSPS) is 28.4. The summed E-state index contributed by atoms with van der Waals surface area (Å²) >= 11 is 0. The number of hydrogen-bond acceptors (Lipinski definition) is 5.